The van der Waals surface area contributed by atoms with Crippen LogP contribution in [0.2, 0.25) is 0 Å². The average Bonchev–Trinajstić information content (AvgIpc) is 3.44. The van der Waals surface area contributed by atoms with E-state index in [2.05, 4.69) is 41.2 Å². The Morgan fingerprint density at radius 1 is 0.878 bits per heavy atom. The summed E-state index contributed by atoms with van der Waals surface area (Å²) in [5.74, 6) is -2.34. The fraction of sp³-hybridized carbons (Fsp3) is 0.333. The van der Waals surface area contributed by atoms with Crippen LogP contribution >= 0.6 is 0 Å². The number of alkyl carbamates (subject to hydrolysis) is 1. The van der Waals surface area contributed by atoms with E-state index in [1.165, 1.54) is 0 Å². The zero-order valence-corrected chi connectivity index (χ0v) is 27.8. The number of hydrogen-bond acceptors (Lipinski definition) is 7. The number of esters is 1. The summed E-state index contributed by atoms with van der Waals surface area (Å²) in [5.41, 5.74) is 4.99. The van der Waals surface area contributed by atoms with Gasteiger partial charge in [-0.3, -0.25) is 9.59 Å². The van der Waals surface area contributed by atoms with Crippen LogP contribution in [0, 0.1) is 5.92 Å². The monoisotopic (exact) mass is 667 g/mol. The normalized spacial score (nSPS) is 14.2. The number of nitrogens with one attached hydrogen (secondary N) is 3. The van der Waals surface area contributed by atoms with Gasteiger partial charge in [-0.2, -0.15) is 0 Å². The van der Waals surface area contributed by atoms with E-state index in [4.69, 9.17) is 9.47 Å². The lowest BCUT2D eigenvalue weighted by Crippen LogP contribution is -2.44. The first-order chi connectivity index (χ1) is 23.7. The van der Waals surface area contributed by atoms with Crippen molar-refractivity contribution in [3.8, 4) is 11.1 Å². The van der Waals surface area contributed by atoms with E-state index < -0.39 is 42.1 Å². The van der Waals surface area contributed by atoms with Crippen LogP contribution < -0.4 is 16.0 Å². The van der Waals surface area contributed by atoms with Crippen LogP contribution in [0.25, 0.3) is 11.1 Å². The molecule has 0 aliphatic heterocycles. The lowest BCUT2D eigenvalue weighted by molar-refractivity contribution is -0.152. The van der Waals surface area contributed by atoms with Gasteiger partial charge in [-0.15, -0.1) is 13.2 Å². The number of carbonyl (C=O) groups is 4. The summed E-state index contributed by atoms with van der Waals surface area (Å²) >= 11 is 0. The molecule has 3 aromatic rings. The zero-order chi connectivity index (χ0) is 35.2. The van der Waals surface area contributed by atoms with E-state index in [-0.39, 0.29) is 50.8 Å². The molecule has 0 aromatic heterocycles. The molecule has 0 bridgehead atoms. The van der Waals surface area contributed by atoms with E-state index in [1.807, 2.05) is 42.5 Å². The fourth-order valence-electron chi connectivity index (χ4n) is 5.86. The average molecular weight is 668 g/mol. The molecule has 3 aromatic carbocycles. The SMILES string of the molecule is C=CCC[C@H](NC(=O)OCC1c2ccccc2-c2ccccc21)C(=O)O[C@@H](CNC(=O)[C@@H](CC=C)CC(=O)N[C@@H](C)CO)c1ccccc1. The molecule has 4 rings (SSSR count). The molecule has 4 N–H and O–H groups in total. The predicted molar refractivity (Wildman–Crippen MR) is 187 cm³/mol. The van der Waals surface area contributed by atoms with Crippen molar-refractivity contribution in [2.24, 2.45) is 5.92 Å². The smallest absolute Gasteiger partial charge is 0.407 e. The Morgan fingerprint density at radius 2 is 1.51 bits per heavy atom. The minimum absolute atomic E-state index is 0.0734. The lowest BCUT2D eigenvalue weighted by Gasteiger charge is -2.24. The van der Waals surface area contributed by atoms with Crippen molar-refractivity contribution in [2.75, 3.05) is 19.8 Å². The number of amides is 3. The van der Waals surface area contributed by atoms with E-state index >= 15 is 0 Å². The fourth-order valence-corrected chi connectivity index (χ4v) is 5.86. The number of fused-ring (bicyclic) bond motifs is 3. The molecule has 0 unspecified atom stereocenters. The number of carbonyl (C=O) groups excluding carboxylic acids is 4. The van der Waals surface area contributed by atoms with Crippen molar-refractivity contribution in [1.82, 2.24) is 16.0 Å². The van der Waals surface area contributed by atoms with Crippen LogP contribution in [0.1, 0.15) is 61.3 Å². The highest BCUT2D eigenvalue weighted by Gasteiger charge is 2.31. The van der Waals surface area contributed by atoms with Crippen LogP contribution in [0.4, 0.5) is 4.79 Å². The molecule has 1 aliphatic carbocycles. The number of aliphatic hydroxyl groups is 1. The number of allylic oxidation sites excluding steroid dienone is 2. The summed E-state index contributed by atoms with van der Waals surface area (Å²) in [6.45, 7) is 8.89. The van der Waals surface area contributed by atoms with E-state index in [9.17, 15) is 24.3 Å². The Labute approximate surface area is 287 Å². The highest BCUT2D eigenvalue weighted by atomic mass is 16.6. The number of ether oxygens (including phenoxy) is 2. The van der Waals surface area contributed by atoms with Gasteiger partial charge in [-0.05, 0) is 54.0 Å². The van der Waals surface area contributed by atoms with Gasteiger partial charge in [0.25, 0.3) is 0 Å². The molecule has 0 fully saturated rings. The Balaban J connectivity index is 1.41. The summed E-state index contributed by atoms with van der Waals surface area (Å²) in [5, 5.41) is 17.4. The highest BCUT2D eigenvalue weighted by molar-refractivity contribution is 5.86. The molecule has 3 amide bonds. The second-order valence-corrected chi connectivity index (χ2v) is 12.0. The van der Waals surface area contributed by atoms with Crippen molar-refractivity contribution in [2.45, 2.75) is 56.7 Å². The van der Waals surface area contributed by atoms with E-state index in [0.29, 0.717) is 12.0 Å². The Morgan fingerprint density at radius 3 is 2.12 bits per heavy atom. The van der Waals surface area contributed by atoms with E-state index in [0.717, 1.165) is 22.3 Å². The van der Waals surface area contributed by atoms with Crippen molar-refractivity contribution in [3.05, 3.63) is 121 Å². The molecule has 0 spiro atoms. The summed E-state index contributed by atoms with van der Waals surface area (Å²) in [6, 6.07) is 23.5. The Bertz CT molecular complexity index is 1560. The number of rotatable bonds is 18. The maximum atomic E-state index is 13.6. The van der Waals surface area contributed by atoms with Crippen LogP contribution in [-0.4, -0.2) is 60.8 Å². The van der Waals surface area contributed by atoms with Crippen LogP contribution in [0.15, 0.2) is 104 Å². The first-order valence-corrected chi connectivity index (χ1v) is 16.5. The van der Waals surface area contributed by atoms with Gasteiger partial charge in [0.05, 0.1) is 19.1 Å². The third-order valence-electron chi connectivity index (χ3n) is 8.41. The lowest BCUT2D eigenvalue weighted by atomic mass is 9.98. The second kappa shape index (κ2) is 18.4. The molecule has 1 aliphatic rings. The van der Waals surface area contributed by atoms with Gasteiger partial charge in [-0.1, -0.05) is 91.0 Å². The largest absolute Gasteiger partial charge is 0.454 e. The van der Waals surface area contributed by atoms with Gasteiger partial charge in [0.15, 0.2) is 0 Å². The minimum atomic E-state index is -1.04. The highest BCUT2D eigenvalue weighted by Crippen LogP contribution is 2.44. The molecular formula is C39H45N3O7. The molecule has 10 heteroatoms. The molecule has 258 valence electrons. The first-order valence-electron chi connectivity index (χ1n) is 16.5. The summed E-state index contributed by atoms with van der Waals surface area (Å²) in [7, 11) is 0. The third kappa shape index (κ3) is 10.1. The molecule has 0 heterocycles. The van der Waals surface area contributed by atoms with Gasteiger partial charge in [0, 0.05) is 18.4 Å². The molecular weight excluding hydrogens is 622 g/mol. The minimum Gasteiger partial charge on any atom is -0.454 e. The number of benzene rings is 3. The maximum Gasteiger partial charge on any atom is 0.407 e. The molecule has 0 radical (unpaired) electrons. The van der Waals surface area contributed by atoms with Gasteiger partial charge >= 0.3 is 12.1 Å². The maximum absolute atomic E-state index is 13.6. The van der Waals surface area contributed by atoms with Gasteiger partial charge < -0.3 is 30.5 Å². The molecule has 0 saturated carbocycles. The summed E-state index contributed by atoms with van der Waals surface area (Å²) < 4.78 is 11.6. The zero-order valence-electron chi connectivity index (χ0n) is 27.8. The van der Waals surface area contributed by atoms with Crippen molar-refractivity contribution in [3.63, 3.8) is 0 Å². The Hall–Kier alpha value is -5.22. The van der Waals surface area contributed by atoms with Crippen molar-refractivity contribution >= 4 is 23.9 Å². The molecule has 4 atom stereocenters. The first kappa shape index (κ1) is 36.6. The van der Waals surface area contributed by atoms with Crippen LogP contribution in [0.3, 0.4) is 0 Å². The van der Waals surface area contributed by atoms with Crippen LogP contribution in [-0.2, 0) is 23.9 Å². The van der Waals surface area contributed by atoms with Gasteiger partial charge in [0.1, 0.15) is 18.8 Å². The molecule has 10 nitrogen and oxygen atoms in total. The van der Waals surface area contributed by atoms with Gasteiger partial charge in [-0.25, -0.2) is 9.59 Å². The third-order valence-corrected chi connectivity index (χ3v) is 8.41. The second-order valence-electron chi connectivity index (χ2n) is 12.0. The standard InChI is InChI=1S/C39H45N3O7/c1-4-6-21-34(42-39(47)48-25-33-31-19-12-10-17-29(31)30-18-11-13-20-32(30)33)38(46)49-35(27-15-8-7-9-16-27)23-40-37(45)28(14-5-2)22-36(44)41-26(3)24-43/h4-5,7-13,15-20,26,28,33-35,43H,1-2,6,14,21-25H2,3H3,(H,40,45)(H,41,44)(H,42,47)/t26-,28-,34-,35-/m0/s1. The summed E-state index contributed by atoms with van der Waals surface area (Å²) in [6.07, 6.45) is 2.35. The molecule has 49 heavy (non-hydrogen) atoms. The summed E-state index contributed by atoms with van der Waals surface area (Å²) in [4.78, 5) is 52.3. The quantitative estimate of drug-likeness (QED) is 0.106. The topological polar surface area (TPSA) is 143 Å². The molecule has 0 saturated heterocycles. The van der Waals surface area contributed by atoms with E-state index in [1.54, 1.807) is 43.3 Å². The van der Waals surface area contributed by atoms with Gasteiger partial charge in [0.2, 0.25) is 11.8 Å². The number of hydrogen-bond donors (Lipinski definition) is 4. The van der Waals surface area contributed by atoms with Crippen LogP contribution in [0.5, 0.6) is 0 Å². The van der Waals surface area contributed by atoms with Crippen molar-refractivity contribution in [1.29, 1.82) is 0 Å². The van der Waals surface area contributed by atoms with Crippen molar-refractivity contribution < 1.29 is 33.8 Å². The number of aliphatic hydroxyl groups excluding tert-OH is 1. The predicted octanol–water partition coefficient (Wildman–Crippen LogP) is 5.34. The Kier molecular flexibility index (Phi) is 13.7.